The summed E-state index contributed by atoms with van der Waals surface area (Å²) in [6.45, 7) is 14.6. The maximum Gasteiger partial charge on any atom is 0.195 e. The second-order valence-corrected chi connectivity index (χ2v) is 4.28. The van der Waals surface area contributed by atoms with Crippen LogP contribution in [0.25, 0.3) is 24.3 Å². The third kappa shape index (κ3) is 2.60. The van der Waals surface area contributed by atoms with Crippen molar-refractivity contribution >= 4 is 35.6 Å². The van der Waals surface area contributed by atoms with Crippen LogP contribution in [0, 0.1) is 0 Å². The van der Waals surface area contributed by atoms with E-state index in [2.05, 4.69) is 26.3 Å². The molecule has 0 spiro atoms. The van der Waals surface area contributed by atoms with E-state index in [0.717, 1.165) is 9.41 Å². The Morgan fingerprint density at radius 1 is 0.941 bits per heavy atom. The fourth-order valence-corrected chi connectivity index (χ4v) is 2.49. The molecule has 0 aromatic carbocycles. The summed E-state index contributed by atoms with van der Waals surface area (Å²) in [6, 6.07) is 0. The van der Waals surface area contributed by atoms with Gasteiger partial charge in [0.2, 0.25) is 0 Å². The van der Waals surface area contributed by atoms with E-state index >= 15 is 0 Å². The van der Waals surface area contributed by atoms with E-state index in [9.17, 15) is 4.79 Å². The van der Waals surface area contributed by atoms with Gasteiger partial charge in [-0.05, 0) is 6.08 Å². The molecule has 86 valence electrons. The van der Waals surface area contributed by atoms with E-state index in [0.29, 0.717) is 10.8 Å². The highest BCUT2D eigenvalue weighted by atomic mass is 32.1. The summed E-state index contributed by atoms with van der Waals surface area (Å²) in [5.74, 6) is 0. The summed E-state index contributed by atoms with van der Waals surface area (Å²) in [7, 11) is 0. The number of hydrogen-bond donors (Lipinski definition) is 0. The smallest absolute Gasteiger partial charge is 0.195 e. The van der Waals surface area contributed by atoms with Gasteiger partial charge in [0, 0.05) is 20.2 Å². The molecule has 2 heteroatoms. The summed E-state index contributed by atoms with van der Waals surface area (Å²) in [5.41, 5.74) is 0.529. The van der Waals surface area contributed by atoms with Gasteiger partial charge in [0.15, 0.2) is 5.43 Å². The molecule has 1 nitrogen and oxygen atoms in total. The predicted octanol–water partition coefficient (Wildman–Crippen LogP) is 2.33. The molecular formula is C15H14OS. The minimum absolute atomic E-state index is 0.0540. The molecule has 17 heavy (non-hydrogen) atoms. The summed E-state index contributed by atoms with van der Waals surface area (Å²) < 4.78 is 0.852. The average Bonchev–Trinajstić information content (AvgIpc) is 2.33. The monoisotopic (exact) mass is 242 g/mol. The van der Waals surface area contributed by atoms with Crippen LogP contribution in [0.5, 0.6) is 0 Å². The van der Waals surface area contributed by atoms with Gasteiger partial charge in [0.05, 0.1) is 0 Å². The molecule has 1 aromatic heterocycles. The second-order valence-electron chi connectivity index (χ2n) is 3.20. The van der Waals surface area contributed by atoms with Gasteiger partial charge in [-0.2, -0.15) is 0 Å². The topological polar surface area (TPSA) is 17.1 Å². The maximum atomic E-state index is 12.2. The zero-order valence-electron chi connectivity index (χ0n) is 9.61. The van der Waals surface area contributed by atoms with Crippen LogP contribution in [0.4, 0.5) is 0 Å². The van der Waals surface area contributed by atoms with Gasteiger partial charge in [-0.25, -0.2) is 0 Å². The lowest BCUT2D eigenvalue weighted by Crippen LogP contribution is -2.38. The highest BCUT2D eigenvalue weighted by Crippen LogP contribution is 2.08. The normalized spacial score (nSPS) is 12.2. The first-order chi connectivity index (χ1) is 8.19. The van der Waals surface area contributed by atoms with E-state index in [1.165, 1.54) is 11.3 Å². The number of rotatable bonds is 4. The summed E-state index contributed by atoms with van der Waals surface area (Å²) >= 11 is 1.48. The average molecular weight is 242 g/mol. The molecule has 0 bridgehead atoms. The van der Waals surface area contributed by atoms with Crippen LogP contribution < -0.4 is 15.2 Å². The summed E-state index contributed by atoms with van der Waals surface area (Å²) in [5, 5.41) is 0.616. The Bertz CT molecular complexity index is 645. The maximum absolute atomic E-state index is 12.2. The fraction of sp³-hybridized carbons (Fsp3) is 0. The van der Waals surface area contributed by atoms with Crippen molar-refractivity contribution < 1.29 is 0 Å². The largest absolute Gasteiger partial charge is 0.289 e. The quantitative estimate of drug-likeness (QED) is 0.792. The van der Waals surface area contributed by atoms with Crippen molar-refractivity contribution in [3.63, 3.8) is 0 Å². The van der Waals surface area contributed by atoms with E-state index in [1.54, 1.807) is 36.5 Å². The van der Waals surface area contributed by atoms with Crippen LogP contribution >= 0.6 is 11.3 Å². The highest BCUT2D eigenvalue weighted by molar-refractivity contribution is 7.10. The van der Waals surface area contributed by atoms with E-state index in [-0.39, 0.29) is 5.43 Å². The number of allylic oxidation sites excluding steroid dienone is 2. The Kier molecular flexibility index (Phi) is 4.61. The zero-order valence-corrected chi connectivity index (χ0v) is 10.4. The third-order valence-corrected chi connectivity index (χ3v) is 3.37. The third-order valence-electron chi connectivity index (χ3n) is 2.18. The highest BCUT2D eigenvalue weighted by Gasteiger charge is 2.04. The van der Waals surface area contributed by atoms with Crippen molar-refractivity contribution in [3.05, 3.63) is 68.9 Å². The van der Waals surface area contributed by atoms with Gasteiger partial charge in [-0.3, -0.25) is 4.79 Å². The van der Waals surface area contributed by atoms with Crippen LogP contribution in [-0.2, 0) is 0 Å². The van der Waals surface area contributed by atoms with Crippen molar-refractivity contribution in [2.45, 2.75) is 0 Å². The Labute approximate surface area is 105 Å². The molecule has 0 aliphatic carbocycles. The molecule has 1 rings (SSSR count). The summed E-state index contributed by atoms with van der Waals surface area (Å²) in [4.78, 5) is 13.0. The standard InChI is InChI=1S/C15H14OS/c1-5-9-12-14(10-6-2)17-13(8-4)11(7-3)15(12)16/h5-10H,1-4H2/b12-9+,14-10+. The molecule has 0 N–H and O–H groups in total. The van der Waals surface area contributed by atoms with Gasteiger partial charge < -0.3 is 0 Å². The van der Waals surface area contributed by atoms with Crippen molar-refractivity contribution in [1.29, 1.82) is 0 Å². The van der Waals surface area contributed by atoms with E-state index in [1.807, 2.05) is 0 Å². The van der Waals surface area contributed by atoms with Crippen LogP contribution in [0.2, 0.25) is 0 Å². The zero-order chi connectivity index (χ0) is 12.8. The molecule has 0 radical (unpaired) electrons. The van der Waals surface area contributed by atoms with Crippen molar-refractivity contribution in [2.24, 2.45) is 0 Å². The Balaban J connectivity index is 4.02. The first-order valence-electron chi connectivity index (χ1n) is 5.07. The van der Waals surface area contributed by atoms with Crippen LogP contribution in [0.3, 0.4) is 0 Å². The summed E-state index contributed by atoms with van der Waals surface area (Å²) in [6.07, 6.45) is 10.0. The molecule has 1 aromatic rings. The molecular weight excluding hydrogens is 228 g/mol. The lowest BCUT2D eigenvalue weighted by Gasteiger charge is -1.99. The molecule has 0 saturated carbocycles. The SMILES string of the molecule is C=C/C=c1/c(=O)c(C=C)c(C=C)s/c1=C/C=C. The molecule has 0 amide bonds. The Morgan fingerprint density at radius 2 is 1.59 bits per heavy atom. The van der Waals surface area contributed by atoms with Crippen molar-refractivity contribution in [1.82, 2.24) is 0 Å². The van der Waals surface area contributed by atoms with E-state index < -0.39 is 0 Å². The molecule has 0 unspecified atom stereocenters. The van der Waals surface area contributed by atoms with Gasteiger partial charge in [-0.1, -0.05) is 56.7 Å². The first-order valence-corrected chi connectivity index (χ1v) is 5.88. The van der Waals surface area contributed by atoms with Crippen molar-refractivity contribution in [2.75, 3.05) is 0 Å². The fourth-order valence-electron chi connectivity index (χ4n) is 1.45. The first kappa shape index (κ1) is 13.1. The molecule has 0 aliphatic heterocycles. The van der Waals surface area contributed by atoms with Crippen LogP contribution in [-0.4, -0.2) is 0 Å². The molecule has 1 heterocycles. The van der Waals surface area contributed by atoms with Gasteiger partial charge in [-0.15, -0.1) is 11.3 Å². The Hall–Kier alpha value is -1.93. The minimum atomic E-state index is -0.0540. The molecule has 0 atom stereocenters. The van der Waals surface area contributed by atoms with Crippen LogP contribution in [0.1, 0.15) is 10.4 Å². The van der Waals surface area contributed by atoms with Gasteiger partial charge in [0.1, 0.15) is 0 Å². The lowest BCUT2D eigenvalue weighted by molar-refractivity contribution is 1.49. The Morgan fingerprint density at radius 3 is 2.06 bits per heavy atom. The molecule has 0 saturated heterocycles. The second kappa shape index (κ2) is 5.97. The number of hydrogen-bond acceptors (Lipinski definition) is 2. The van der Waals surface area contributed by atoms with Crippen molar-refractivity contribution in [3.8, 4) is 0 Å². The van der Waals surface area contributed by atoms with E-state index in [4.69, 9.17) is 0 Å². The minimum Gasteiger partial charge on any atom is -0.289 e. The van der Waals surface area contributed by atoms with Crippen LogP contribution in [0.15, 0.2) is 43.3 Å². The molecule has 0 fully saturated rings. The molecule has 0 aliphatic rings. The van der Waals surface area contributed by atoms with Gasteiger partial charge >= 0.3 is 0 Å². The predicted molar refractivity (Wildman–Crippen MR) is 79.3 cm³/mol. The lowest BCUT2D eigenvalue weighted by atomic mass is 10.2. The van der Waals surface area contributed by atoms with Gasteiger partial charge in [0.25, 0.3) is 0 Å².